The number of carbonyl (C=O) groups excluding carboxylic acids is 1. The van der Waals surface area contributed by atoms with Crippen LogP contribution in [-0.4, -0.2) is 51.4 Å². The van der Waals surface area contributed by atoms with Crippen molar-refractivity contribution < 1.29 is 4.79 Å². The van der Waals surface area contributed by atoms with Crippen molar-refractivity contribution in [1.29, 1.82) is 0 Å². The van der Waals surface area contributed by atoms with Gasteiger partial charge in [0.25, 0.3) is 5.56 Å². The predicted octanol–water partition coefficient (Wildman–Crippen LogP) is 1.48. The van der Waals surface area contributed by atoms with Crippen LogP contribution in [-0.2, 0) is 11.2 Å². The number of nitrogens with zero attached hydrogens (tertiary/aromatic N) is 2. The van der Waals surface area contributed by atoms with Crippen molar-refractivity contribution in [3.8, 4) is 0 Å². The molecule has 27 heavy (non-hydrogen) atoms. The number of piperidine rings is 2. The van der Waals surface area contributed by atoms with Gasteiger partial charge in [-0.3, -0.25) is 14.6 Å². The SMILES string of the molecule is C=C1CC[C@H]2CN(C(=O)Cc3c[nH]c(=O)[nH]c3=O)CC[C@H]2N1CCC(C)C. The van der Waals surface area contributed by atoms with Crippen molar-refractivity contribution in [1.82, 2.24) is 19.8 Å². The molecular weight excluding hydrogens is 344 g/mol. The van der Waals surface area contributed by atoms with E-state index in [1.807, 2.05) is 4.90 Å². The van der Waals surface area contributed by atoms with Gasteiger partial charge in [-0.15, -0.1) is 0 Å². The lowest BCUT2D eigenvalue weighted by molar-refractivity contribution is -0.133. The van der Waals surface area contributed by atoms with Gasteiger partial charge in [-0.25, -0.2) is 4.79 Å². The number of aromatic amines is 2. The Hall–Kier alpha value is -2.31. The van der Waals surface area contributed by atoms with Gasteiger partial charge in [0.2, 0.25) is 5.91 Å². The zero-order valence-electron chi connectivity index (χ0n) is 16.3. The molecule has 1 aromatic heterocycles. The number of hydrogen-bond donors (Lipinski definition) is 2. The normalized spacial score (nSPS) is 22.9. The third-order valence-corrected chi connectivity index (χ3v) is 5.84. The summed E-state index contributed by atoms with van der Waals surface area (Å²) in [5.74, 6) is 1.06. The average molecular weight is 374 g/mol. The highest BCUT2D eigenvalue weighted by Crippen LogP contribution is 2.35. The van der Waals surface area contributed by atoms with E-state index in [9.17, 15) is 14.4 Å². The van der Waals surface area contributed by atoms with E-state index in [1.165, 1.54) is 11.9 Å². The minimum atomic E-state index is -0.555. The second kappa shape index (κ2) is 8.15. The van der Waals surface area contributed by atoms with Crippen LogP contribution in [0.15, 0.2) is 28.1 Å². The van der Waals surface area contributed by atoms with Gasteiger partial charge >= 0.3 is 5.69 Å². The lowest BCUT2D eigenvalue weighted by Crippen LogP contribution is -2.54. The molecule has 3 heterocycles. The highest BCUT2D eigenvalue weighted by atomic mass is 16.2. The molecule has 148 valence electrons. The van der Waals surface area contributed by atoms with E-state index in [4.69, 9.17) is 0 Å². The summed E-state index contributed by atoms with van der Waals surface area (Å²) in [7, 11) is 0. The van der Waals surface area contributed by atoms with Gasteiger partial charge in [-0.1, -0.05) is 20.4 Å². The number of amides is 1. The first kappa shape index (κ1) is 19.5. The number of hydrogen-bond acceptors (Lipinski definition) is 4. The summed E-state index contributed by atoms with van der Waals surface area (Å²) in [6.45, 7) is 11.2. The number of aromatic nitrogens is 2. The summed E-state index contributed by atoms with van der Waals surface area (Å²) < 4.78 is 0. The maximum atomic E-state index is 12.7. The van der Waals surface area contributed by atoms with E-state index in [0.29, 0.717) is 30.0 Å². The van der Waals surface area contributed by atoms with E-state index < -0.39 is 11.2 Å². The molecule has 2 N–H and O–H groups in total. The molecule has 0 saturated carbocycles. The molecule has 2 aliphatic rings. The van der Waals surface area contributed by atoms with Crippen LogP contribution in [0.25, 0.3) is 0 Å². The molecule has 0 aliphatic carbocycles. The highest BCUT2D eigenvalue weighted by molar-refractivity contribution is 5.78. The van der Waals surface area contributed by atoms with Crippen molar-refractivity contribution in [2.75, 3.05) is 19.6 Å². The van der Waals surface area contributed by atoms with Crippen molar-refractivity contribution in [2.45, 2.75) is 52.0 Å². The summed E-state index contributed by atoms with van der Waals surface area (Å²) in [5.41, 5.74) is 0.491. The molecule has 1 aromatic rings. The fourth-order valence-corrected chi connectivity index (χ4v) is 4.24. The largest absolute Gasteiger partial charge is 0.372 e. The molecule has 1 amide bonds. The van der Waals surface area contributed by atoms with Crippen LogP contribution < -0.4 is 11.2 Å². The van der Waals surface area contributed by atoms with E-state index in [2.05, 4.69) is 35.3 Å². The first-order valence-electron chi connectivity index (χ1n) is 9.88. The van der Waals surface area contributed by atoms with Gasteiger partial charge in [0.05, 0.1) is 6.42 Å². The number of nitrogens with one attached hydrogen (secondary N) is 2. The van der Waals surface area contributed by atoms with Gasteiger partial charge < -0.3 is 14.8 Å². The van der Waals surface area contributed by atoms with E-state index in [-0.39, 0.29) is 12.3 Å². The molecular formula is C20H30N4O3. The second-order valence-electron chi connectivity index (χ2n) is 8.21. The molecule has 0 bridgehead atoms. The molecule has 3 rings (SSSR count). The van der Waals surface area contributed by atoms with Crippen molar-refractivity contribution >= 4 is 5.91 Å². The Bertz CT molecular complexity index is 810. The molecule has 2 saturated heterocycles. The molecule has 0 unspecified atom stereocenters. The summed E-state index contributed by atoms with van der Waals surface area (Å²) >= 11 is 0. The molecule has 0 spiro atoms. The fraction of sp³-hybridized carbons (Fsp3) is 0.650. The number of allylic oxidation sites excluding steroid dienone is 1. The number of H-pyrrole nitrogens is 2. The number of likely N-dealkylation sites (tertiary alicyclic amines) is 2. The van der Waals surface area contributed by atoms with Gasteiger partial charge in [-0.05, 0) is 37.5 Å². The molecule has 2 atom stereocenters. The van der Waals surface area contributed by atoms with Crippen LogP contribution in [0.3, 0.4) is 0 Å². The first-order chi connectivity index (χ1) is 12.8. The van der Waals surface area contributed by atoms with Gasteiger partial charge in [0.1, 0.15) is 0 Å². The summed E-state index contributed by atoms with van der Waals surface area (Å²) in [6.07, 6.45) is 5.50. The van der Waals surface area contributed by atoms with Crippen LogP contribution in [0.2, 0.25) is 0 Å². The predicted molar refractivity (Wildman–Crippen MR) is 104 cm³/mol. The van der Waals surface area contributed by atoms with Crippen LogP contribution in [0.4, 0.5) is 0 Å². The third kappa shape index (κ3) is 4.51. The molecule has 0 radical (unpaired) electrons. The Kier molecular flexibility index (Phi) is 5.87. The Balaban J connectivity index is 1.63. The lowest BCUT2D eigenvalue weighted by atomic mass is 9.82. The Morgan fingerprint density at radius 3 is 2.81 bits per heavy atom. The Morgan fingerprint density at radius 1 is 1.33 bits per heavy atom. The number of rotatable bonds is 5. The zero-order valence-corrected chi connectivity index (χ0v) is 16.3. The van der Waals surface area contributed by atoms with E-state index in [1.54, 1.807) is 0 Å². The van der Waals surface area contributed by atoms with Crippen LogP contribution in [0.5, 0.6) is 0 Å². The van der Waals surface area contributed by atoms with E-state index in [0.717, 1.165) is 38.8 Å². The smallest absolute Gasteiger partial charge is 0.325 e. The van der Waals surface area contributed by atoms with Gasteiger partial charge in [0.15, 0.2) is 0 Å². The Morgan fingerprint density at radius 2 is 2.11 bits per heavy atom. The van der Waals surface area contributed by atoms with Crippen molar-refractivity contribution in [3.63, 3.8) is 0 Å². The minimum absolute atomic E-state index is 0.0211. The molecule has 2 fully saturated rings. The summed E-state index contributed by atoms with van der Waals surface area (Å²) in [5, 5.41) is 0. The molecule has 2 aliphatic heterocycles. The zero-order chi connectivity index (χ0) is 19.6. The molecule has 7 nitrogen and oxygen atoms in total. The van der Waals surface area contributed by atoms with Crippen molar-refractivity contribution in [3.05, 3.63) is 44.9 Å². The summed E-state index contributed by atoms with van der Waals surface area (Å²) in [6, 6.07) is 0.463. The maximum absolute atomic E-state index is 12.7. The molecule has 7 heteroatoms. The monoisotopic (exact) mass is 374 g/mol. The topological polar surface area (TPSA) is 89.3 Å². The summed E-state index contributed by atoms with van der Waals surface area (Å²) in [4.78, 5) is 44.6. The first-order valence-corrected chi connectivity index (χ1v) is 9.88. The highest BCUT2D eigenvalue weighted by Gasteiger charge is 2.38. The lowest BCUT2D eigenvalue weighted by Gasteiger charge is -2.49. The number of fused-ring (bicyclic) bond motifs is 1. The third-order valence-electron chi connectivity index (χ3n) is 5.84. The van der Waals surface area contributed by atoms with Crippen LogP contribution in [0.1, 0.15) is 45.1 Å². The van der Waals surface area contributed by atoms with Gasteiger partial charge in [-0.2, -0.15) is 0 Å². The molecule has 0 aromatic carbocycles. The van der Waals surface area contributed by atoms with E-state index >= 15 is 0 Å². The average Bonchev–Trinajstić information content (AvgIpc) is 2.62. The standard InChI is InChI=1S/C20H30N4O3/c1-13(2)6-9-24-14(3)4-5-15-12-23(8-7-17(15)24)18(25)10-16-11-21-20(27)22-19(16)26/h11,13,15,17H,3-10,12H2,1-2H3,(H2,21,22,26,27)/t15-,17+/m0/s1. The maximum Gasteiger partial charge on any atom is 0.325 e. The quantitative estimate of drug-likeness (QED) is 0.817. The fourth-order valence-electron chi connectivity index (χ4n) is 4.24. The minimum Gasteiger partial charge on any atom is -0.372 e. The second-order valence-corrected chi connectivity index (χ2v) is 8.21. The van der Waals surface area contributed by atoms with Crippen LogP contribution >= 0.6 is 0 Å². The van der Waals surface area contributed by atoms with Crippen molar-refractivity contribution in [2.24, 2.45) is 11.8 Å². The van der Waals surface area contributed by atoms with Crippen LogP contribution in [0, 0.1) is 11.8 Å². The number of carbonyl (C=O) groups is 1. The Labute approximate surface area is 159 Å². The van der Waals surface area contributed by atoms with Gasteiger partial charge in [0, 0.05) is 43.1 Å².